The Balaban J connectivity index is 2.04. The van der Waals surface area contributed by atoms with Gasteiger partial charge in [0.15, 0.2) is 0 Å². The summed E-state index contributed by atoms with van der Waals surface area (Å²) in [7, 11) is -3.72. The number of carbonyl (C=O) groups excluding carboxylic acids is 1. The van der Waals surface area contributed by atoms with Gasteiger partial charge in [0.1, 0.15) is 5.75 Å². The summed E-state index contributed by atoms with van der Waals surface area (Å²) in [6, 6.07) is 5.38. The van der Waals surface area contributed by atoms with Gasteiger partial charge in [-0.1, -0.05) is 0 Å². The molecule has 0 aliphatic carbocycles. The van der Waals surface area contributed by atoms with Crippen molar-refractivity contribution in [3.63, 3.8) is 0 Å². The summed E-state index contributed by atoms with van der Waals surface area (Å²) < 4.78 is 32.3. The van der Waals surface area contributed by atoms with Crippen molar-refractivity contribution in [2.75, 3.05) is 19.7 Å². The Morgan fingerprint density at radius 3 is 2.41 bits per heavy atom. The van der Waals surface area contributed by atoms with Crippen molar-refractivity contribution in [1.29, 1.82) is 0 Å². The van der Waals surface area contributed by atoms with Crippen LogP contribution >= 0.6 is 0 Å². The number of ether oxygens (including phenoxy) is 1. The fraction of sp³-hybridized carbons (Fsp3) is 0.533. The first-order chi connectivity index (χ1) is 10.4. The van der Waals surface area contributed by atoms with E-state index in [2.05, 4.69) is 4.72 Å². The summed E-state index contributed by atoms with van der Waals surface area (Å²) >= 11 is 0. The first-order valence-electron chi connectivity index (χ1n) is 7.48. The number of amides is 1. The van der Waals surface area contributed by atoms with Gasteiger partial charge in [-0.2, -0.15) is 4.72 Å². The predicted molar refractivity (Wildman–Crippen MR) is 83.2 cm³/mol. The highest BCUT2D eigenvalue weighted by Crippen LogP contribution is 2.17. The van der Waals surface area contributed by atoms with Gasteiger partial charge in [0.05, 0.1) is 17.5 Å². The quantitative estimate of drug-likeness (QED) is 0.857. The van der Waals surface area contributed by atoms with E-state index in [4.69, 9.17) is 4.74 Å². The molecule has 2 rings (SSSR count). The maximum atomic E-state index is 12.3. The number of hydrogen-bond acceptors (Lipinski definition) is 4. The standard InChI is InChI=1S/C15H22N2O4S/c1-3-21-13-6-8-14(9-7-13)22(19,20)16-12(2)15(18)17-10-4-5-11-17/h6-9,12,16H,3-5,10-11H2,1-2H3/t12-/m0/s1. The molecule has 1 aliphatic heterocycles. The van der Waals surface area contributed by atoms with Gasteiger partial charge in [-0.15, -0.1) is 0 Å². The lowest BCUT2D eigenvalue weighted by atomic mass is 10.3. The van der Waals surface area contributed by atoms with Gasteiger partial charge in [-0.3, -0.25) is 4.79 Å². The molecule has 1 N–H and O–H groups in total. The third kappa shape index (κ3) is 3.98. The minimum absolute atomic E-state index is 0.122. The molecule has 0 unspecified atom stereocenters. The molecular formula is C15H22N2O4S. The van der Waals surface area contributed by atoms with Crippen LogP contribution in [0.3, 0.4) is 0 Å². The Morgan fingerprint density at radius 1 is 1.27 bits per heavy atom. The van der Waals surface area contributed by atoms with Gasteiger partial charge >= 0.3 is 0 Å². The molecule has 0 radical (unpaired) electrons. The van der Waals surface area contributed by atoms with Crippen LogP contribution in [0.2, 0.25) is 0 Å². The van der Waals surface area contributed by atoms with Gasteiger partial charge in [-0.25, -0.2) is 8.42 Å². The molecule has 0 saturated carbocycles. The predicted octanol–water partition coefficient (Wildman–Crippen LogP) is 1.37. The summed E-state index contributed by atoms with van der Waals surface area (Å²) in [5.74, 6) is 0.439. The Bertz CT molecular complexity index is 607. The third-order valence-corrected chi connectivity index (χ3v) is 5.12. The summed E-state index contributed by atoms with van der Waals surface area (Å²) in [4.78, 5) is 14.0. The zero-order chi connectivity index (χ0) is 16.2. The molecule has 0 spiro atoms. The second-order valence-corrected chi connectivity index (χ2v) is 6.99. The average molecular weight is 326 g/mol. The highest BCUT2D eigenvalue weighted by molar-refractivity contribution is 7.89. The molecule has 1 aromatic carbocycles. The SMILES string of the molecule is CCOc1ccc(S(=O)(=O)N[C@@H](C)C(=O)N2CCCC2)cc1. The second-order valence-electron chi connectivity index (χ2n) is 5.28. The van der Waals surface area contributed by atoms with Crippen molar-refractivity contribution in [3.05, 3.63) is 24.3 Å². The Hall–Kier alpha value is -1.60. The number of nitrogens with one attached hydrogen (secondary N) is 1. The fourth-order valence-electron chi connectivity index (χ4n) is 2.44. The zero-order valence-electron chi connectivity index (χ0n) is 12.9. The molecule has 0 aromatic heterocycles. The van der Waals surface area contributed by atoms with Gasteiger partial charge in [0, 0.05) is 13.1 Å². The molecule has 22 heavy (non-hydrogen) atoms. The minimum Gasteiger partial charge on any atom is -0.494 e. The Labute approximate surface area is 131 Å². The van der Waals surface area contributed by atoms with Gasteiger partial charge in [0.2, 0.25) is 15.9 Å². The van der Waals surface area contributed by atoms with Crippen molar-refractivity contribution in [2.45, 2.75) is 37.6 Å². The molecule has 1 saturated heterocycles. The van der Waals surface area contributed by atoms with Gasteiger partial charge < -0.3 is 9.64 Å². The molecule has 7 heteroatoms. The van der Waals surface area contributed by atoms with Crippen LogP contribution in [0, 0.1) is 0 Å². The van der Waals surface area contributed by atoms with Crippen LogP contribution in [-0.4, -0.2) is 45.0 Å². The number of nitrogens with zero attached hydrogens (tertiary/aromatic N) is 1. The van der Waals surface area contributed by atoms with Crippen LogP contribution < -0.4 is 9.46 Å². The summed E-state index contributed by atoms with van der Waals surface area (Å²) in [6.07, 6.45) is 1.95. The van der Waals surface area contributed by atoms with E-state index in [9.17, 15) is 13.2 Å². The highest BCUT2D eigenvalue weighted by atomic mass is 32.2. The van der Waals surface area contributed by atoms with E-state index < -0.39 is 16.1 Å². The van der Waals surface area contributed by atoms with Crippen molar-refractivity contribution in [3.8, 4) is 5.75 Å². The number of sulfonamides is 1. The van der Waals surface area contributed by atoms with E-state index in [1.54, 1.807) is 24.0 Å². The van der Waals surface area contributed by atoms with Crippen LogP contribution in [0.4, 0.5) is 0 Å². The van der Waals surface area contributed by atoms with Crippen molar-refractivity contribution < 1.29 is 17.9 Å². The Morgan fingerprint density at radius 2 is 1.86 bits per heavy atom. The molecule has 0 bridgehead atoms. The van der Waals surface area contributed by atoms with Crippen molar-refractivity contribution in [1.82, 2.24) is 9.62 Å². The number of benzene rings is 1. The number of likely N-dealkylation sites (tertiary alicyclic amines) is 1. The zero-order valence-corrected chi connectivity index (χ0v) is 13.7. The van der Waals surface area contributed by atoms with Crippen LogP contribution in [-0.2, 0) is 14.8 Å². The average Bonchev–Trinajstić information content (AvgIpc) is 3.01. The van der Waals surface area contributed by atoms with Crippen molar-refractivity contribution >= 4 is 15.9 Å². The van der Waals surface area contributed by atoms with Gasteiger partial charge in [0.25, 0.3) is 0 Å². The van der Waals surface area contributed by atoms with Crippen LogP contribution in [0.15, 0.2) is 29.2 Å². The molecule has 1 aromatic rings. The maximum absolute atomic E-state index is 12.3. The molecular weight excluding hydrogens is 304 g/mol. The Kier molecular flexibility index (Phi) is 5.42. The summed E-state index contributed by atoms with van der Waals surface area (Å²) in [5, 5.41) is 0. The van der Waals surface area contributed by atoms with E-state index in [-0.39, 0.29) is 10.8 Å². The van der Waals surface area contributed by atoms with Crippen LogP contribution in [0.25, 0.3) is 0 Å². The van der Waals surface area contributed by atoms with E-state index in [0.717, 1.165) is 12.8 Å². The first kappa shape index (κ1) is 16.8. The number of hydrogen-bond donors (Lipinski definition) is 1. The molecule has 122 valence electrons. The normalized spacial score (nSPS) is 16.5. The van der Waals surface area contributed by atoms with E-state index in [1.807, 2.05) is 6.92 Å². The molecule has 1 aliphatic rings. The van der Waals surface area contributed by atoms with Crippen LogP contribution in [0.1, 0.15) is 26.7 Å². The monoisotopic (exact) mass is 326 g/mol. The lowest BCUT2D eigenvalue weighted by molar-refractivity contribution is -0.131. The first-order valence-corrected chi connectivity index (χ1v) is 8.96. The van der Waals surface area contributed by atoms with E-state index in [1.165, 1.54) is 12.1 Å². The lowest BCUT2D eigenvalue weighted by Gasteiger charge is -2.21. The minimum atomic E-state index is -3.72. The third-order valence-electron chi connectivity index (χ3n) is 3.57. The summed E-state index contributed by atoms with van der Waals surface area (Å²) in [6.45, 7) is 5.36. The lowest BCUT2D eigenvalue weighted by Crippen LogP contribution is -2.45. The number of carbonyl (C=O) groups is 1. The smallest absolute Gasteiger partial charge is 0.241 e. The van der Waals surface area contributed by atoms with E-state index in [0.29, 0.717) is 25.4 Å². The van der Waals surface area contributed by atoms with Crippen LogP contribution in [0.5, 0.6) is 5.75 Å². The van der Waals surface area contributed by atoms with Crippen molar-refractivity contribution in [2.24, 2.45) is 0 Å². The molecule has 6 nitrogen and oxygen atoms in total. The number of rotatable bonds is 6. The molecule has 1 heterocycles. The largest absolute Gasteiger partial charge is 0.494 e. The topological polar surface area (TPSA) is 75.7 Å². The fourth-order valence-corrected chi connectivity index (χ4v) is 3.64. The maximum Gasteiger partial charge on any atom is 0.241 e. The second kappa shape index (κ2) is 7.11. The molecule has 1 fully saturated rings. The molecule has 1 amide bonds. The highest BCUT2D eigenvalue weighted by Gasteiger charge is 2.27. The molecule has 1 atom stereocenters. The van der Waals surface area contributed by atoms with E-state index >= 15 is 0 Å². The summed E-state index contributed by atoms with van der Waals surface area (Å²) in [5.41, 5.74) is 0. The van der Waals surface area contributed by atoms with Gasteiger partial charge in [-0.05, 0) is 51.0 Å².